The van der Waals surface area contributed by atoms with Crippen LogP contribution in [0.2, 0.25) is 10.0 Å². The van der Waals surface area contributed by atoms with Gasteiger partial charge in [-0.2, -0.15) is 0 Å². The van der Waals surface area contributed by atoms with E-state index in [4.69, 9.17) is 23.2 Å². The van der Waals surface area contributed by atoms with Crippen molar-refractivity contribution in [1.82, 2.24) is 0 Å². The lowest BCUT2D eigenvalue weighted by Crippen LogP contribution is -2.01. The van der Waals surface area contributed by atoms with Crippen LogP contribution in [0.15, 0.2) is 48.5 Å². The van der Waals surface area contributed by atoms with E-state index in [1.54, 1.807) is 36.4 Å². The van der Waals surface area contributed by atoms with E-state index in [9.17, 15) is 9.59 Å². The maximum atomic E-state index is 11.9. The smallest absolute Gasteiger partial charge is 0.227 e. The summed E-state index contributed by atoms with van der Waals surface area (Å²) in [6.45, 7) is 0. The van der Waals surface area contributed by atoms with Crippen LogP contribution in [0.1, 0.15) is 20.7 Å². The predicted molar refractivity (Wildman–Crippen MR) is 79.2 cm³/mol. The van der Waals surface area contributed by atoms with E-state index in [1.807, 2.05) is 0 Å². The van der Waals surface area contributed by atoms with Crippen molar-refractivity contribution in [2.24, 2.45) is 0 Å². The van der Waals surface area contributed by atoms with Crippen LogP contribution in [0, 0.1) is 0 Å². The Morgan fingerprint density at radius 3 is 1.58 bits per heavy atom. The highest BCUT2D eigenvalue weighted by Crippen LogP contribution is 2.21. The average Bonchev–Trinajstić information content (AvgIpc) is 2.38. The van der Waals surface area contributed by atoms with E-state index < -0.39 is 0 Å². The molecule has 0 saturated heterocycles. The molecule has 0 radical (unpaired) electrons. The summed E-state index contributed by atoms with van der Waals surface area (Å²) in [6.07, 6.45) is 0. The summed E-state index contributed by atoms with van der Waals surface area (Å²) in [5.74, 6) is 0. The molecular formula is C14H8Cl2O2S. The highest BCUT2D eigenvalue weighted by atomic mass is 35.5. The topological polar surface area (TPSA) is 34.1 Å². The zero-order chi connectivity index (χ0) is 13.8. The summed E-state index contributed by atoms with van der Waals surface area (Å²) in [5, 5.41) is 0.239. The molecule has 0 aliphatic heterocycles. The average molecular weight is 311 g/mol. The zero-order valence-corrected chi connectivity index (χ0v) is 11.9. The lowest BCUT2D eigenvalue weighted by Gasteiger charge is -2.01. The summed E-state index contributed by atoms with van der Waals surface area (Å²) in [4.78, 5) is 23.8. The molecule has 2 aromatic rings. The minimum absolute atomic E-state index is 0.340. The van der Waals surface area contributed by atoms with Gasteiger partial charge >= 0.3 is 0 Å². The van der Waals surface area contributed by atoms with Gasteiger partial charge in [-0.05, 0) is 36.0 Å². The second kappa shape index (κ2) is 6.24. The first-order valence-electron chi connectivity index (χ1n) is 5.34. The van der Waals surface area contributed by atoms with Crippen molar-refractivity contribution in [3.05, 3.63) is 69.7 Å². The largest absolute Gasteiger partial charge is 0.281 e. The first kappa shape index (κ1) is 14.1. The molecule has 0 aliphatic carbocycles. The Kier molecular flexibility index (Phi) is 4.64. The minimum atomic E-state index is -0.340. The normalized spacial score (nSPS) is 10.2. The number of carbonyl (C=O) groups excluding carboxylic acids is 2. The van der Waals surface area contributed by atoms with E-state index in [0.29, 0.717) is 32.9 Å². The van der Waals surface area contributed by atoms with Gasteiger partial charge < -0.3 is 0 Å². The van der Waals surface area contributed by atoms with Gasteiger partial charge in [-0.15, -0.1) is 0 Å². The van der Waals surface area contributed by atoms with E-state index >= 15 is 0 Å². The van der Waals surface area contributed by atoms with Crippen LogP contribution in [-0.2, 0) is 0 Å². The second-order valence-corrected chi connectivity index (χ2v) is 5.52. The summed E-state index contributed by atoms with van der Waals surface area (Å²) in [7, 11) is 0. The molecule has 2 aromatic carbocycles. The highest BCUT2D eigenvalue weighted by molar-refractivity contribution is 8.26. The Balaban J connectivity index is 2.13. The molecule has 5 heteroatoms. The quantitative estimate of drug-likeness (QED) is 0.805. The Bertz CT molecular complexity index is 585. The SMILES string of the molecule is O=C(SC(=O)c1cccc(Cl)c1)c1cccc(Cl)c1. The maximum Gasteiger partial charge on any atom is 0.227 e. The van der Waals surface area contributed by atoms with Gasteiger partial charge in [0.05, 0.1) is 0 Å². The number of carbonyl (C=O) groups is 2. The van der Waals surface area contributed by atoms with E-state index in [-0.39, 0.29) is 10.2 Å². The minimum Gasteiger partial charge on any atom is -0.281 e. The number of thioether (sulfide) groups is 1. The third kappa shape index (κ3) is 3.83. The van der Waals surface area contributed by atoms with Crippen molar-refractivity contribution in [1.29, 1.82) is 0 Å². The van der Waals surface area contributed by atoms with Crippen LogP contribution in [0.25, 0.3) is 0 Å². The number of hydrogen-bond acceptors (Lipinski definition) is 3. The van der Waals surface area contributed by atoms with Crippen LogP contribution in [0.3, 0.4) is 0 Å². The molecule has 0 fully saturated rings. The van der Waals surface area contributed by atoms with E-state index in [0.717, 1.165) is 0 Å². The van der Waals surface area contributed by atoms with Crippen LogP contribution in [0.4, 0.5) is 0 Å². The molecule has 0 saturated carbocycles. The van der Waals surface area contributed by atoms with Crippen molar-refractivity contribution < 1.29 is 9.59 Å². The van der Waals surface area contributed by atoms with Gasteiger partial charge in [-0.1, -0.05) is 47.5 Å². The fourth-order valence-corrected chi connectivity index (χ4v) is 2.47. The molecular weight excluding hydrogens is 303 g/mol. The van der Waals surface area contributed by atoms with Crippen LogP contribution in [-0.4, -0.2) is 10.2 Å². The van der Waals surface area contributed by atoms with Gasteiger partial charge in [-0.3, -0.25) is 9.59 Å². The van der Waals surface area contributed by atoms with Gasteiger partial charge in [0.1, 0.15) is 0 Å². The van der Waals surface area contributed by atoms with Crippen molar-refractivity contribution in [3.8, 4) is 0 Å². The van der Waals surface area contributed by atoms with Gasteiger partial charge in [0.25, 0.3) is 0 Å². The molecule has 96 valence electrons. The first-order chi connectivity index (χ1) is 9.06. The van der Waals surface area contributed by atoms with E-state index in [1.165, 1.54) is 12.1 Å². The van der Waals surface area contributed by atoms with Crippen molar-refractivity contribution in [2.75, 3.05) is 0 Å². The van der Waals surface area contributed by atoms with Gasteiger partial charge in [0.15, 0.2) is 0 Å². The first-order valence-corrected chi connectivity index (χ1v) is 6.91. The summed E-state index contributed by atoms with van der Waals surface area (Å²) in [5.41, 5.74) is 0.792. The Labute approximate surface area is 124 Å². The predicted octanol–water partition coefficient (Wildman–Crippen LogP) is 4.71. The molecule has 2 nitrogen and oxygen atoms in total. The molecule has 2 rings (SSSR count). The molecule has 0 aliphatic rings. The molecule has 0 amide bonds. The molecule has 0 unspecified atom stereocenters. The third-order valence-electron chi connectivity index (χ3n) is 2.31. The Morgan fingerprint density at radius 2 is 1.21 bits per heavy atom. The van der Waals surface area contributed by atoms with Crippen LogP contribution < -0.4 is 0 Å². The number of hydrogen-bond donors (Lipinski definition) is 0. The third-order valence-corrected chi connectivity index (χ3v) is 3.62. The summed E-state index contributed by atoms with van der Waals surface area (Å²) in [6, 6.07) is 13.0. The number of rotatable bonds is 2. The van der Waals surface area contributed by atoms with Crippen molar-refractivity contribution in [2.45, 2.75) is 0 Å². The lowest BCUT2D eigenvalue weighted by atomic mass is 10.2. The molecule has 0 N–H and O–H groups in total. The molecule has 0 spiro atoms. The van der Waals surface area contributed by atoms with Crippen molar-refractivity contribution >= 4 is 45.2 Å². The fourth-order valence-electron chi connectivity index (χ4n) is 1.43. The van der Waals surface area contributed by atoms with Crippen LogP contribution in [0.5, 0.6) is 0 Å². The molecule has 0 atom stereocenters. The number of halogens is 2. The second-order valence-electron chi connectivity index (χ2n) is 3.70. The van der Waals surface area contributed by atoms with Crippen LogP contribution >= 0.6 is 35.0 Å². The van der Waals surface area contributed by atoms with Gasteiger partial charge in [0.2, 0.25) is 10.2 Å². The highest BCUT2D eigenvalue weighted by Gasteiger charge is 2.15. The summed E-state index contributed by atoms with van der Waals surface area (Å²) >= 11 is 12.2. The Morgan fingerprint density at radius 1 is 0.789 bits per heavy atom. The monoisotopic (exact) mass is 310 g/mol. The molecule has 19 heavy (non-hydrogen) atoms. The van der Waals surface area contributed by atoms with Gasteiger partial charge in [0, 0.05) is 21.2 Å². The van der Waals surface area contributed by atoms with Gasteiger partial charge in [-0.25, -0.2) is 0 Å². The molecule has 0 bridgehead atoms. The number of benzene rings is 2. The summed E-state index contributed by atoms with van der Waals surface area (Å²) < 4.78 is 0. The molecule has 0 heterocycles. The fraction of sp³-hybridized carbons (Fsp3) is 0. The van der Waals surface area contributed by atoms with Crippen molar-refractivity contribution in [3.63, 3.8) is 0 Å². The molecule has 0 aromatic heterocycles. The lowest BCUT2D eigenvalue weighted by molar-refractivity contribution is 0.106. The standard InChI is InChI=1S/C14H8Cl2O2S/c15-11-5-1-3-9(7-11)13(17)19-14(18)10-4-2-6-12(16)8-10/h1-8H. The zero-order valence-electron chi connectivity index (χ0n) is 9.60. The maximum absolute atomic E-state index is 11.9. The van der Waals surface area contributed by atoms with E-state index in [2.05, 4.69) is 0 Å². The Hall–Kier alpha value is -1.29.